The normalized spacial score (nSPS) is 11.9. The van der Waals surface area contributed by atoms with Gasteiger partial charge in [-0.15, -0.1) is 11.6 Å². The quantitative estimate of drug-likeness (QED) is 0.325. The third-order valence-corrected chi connectivity index (χ3v) is 5.08. The first-order valence-corrected chi connectivity index (χ1v) is 10.2. The Hall–Kier alpha value is -2.57. The highest BCUT2D eigenvalue weighted by Gasteiger charge is 2.16. The minimum atomic E-state index is -0.455. The highest BCUT2D eigenvalue weighted by molar-refractivity contribution is 6.30. The van der Waals surface area contributed by atoms with Gasteiger partial charge in [-0.2, -0.15) is 5.10 Å². The summed E-state index contributed by atoms with van der Waals surface area (Å²) in [5.74, 6) is -0.266. The lowest BCUT2D eigenvalue weighted by molar-refractivity contribution is 0.0518. The number of hydrogen-bond donors (Lipinski definition) is 0. The number of aromatic nitrogens is 2. The zero-order chi connectivity index (χ0) is 21.7. The van der Waals surface area contributed by atoms with Crippen LogP contribution in [0.25, 0.3) is 0 Å². The molecule has 1 atom stereocenters. The highest BCUT2D eigenvalue weighted by atomic mass is 35.5. The van der Waals surface area contributed by atoms with Gasteiger partial charge in [-0.25, -0.2) is 9.18 Å². The maximum atomic E-state index is 13.8. The van der Waals surface area contributed by atoms with Crippen molar-refractivity contribution in [3.8, 4) is 5.75 Å². The van der Waals surface area contributed by atoms with E-state index in [0.717, 1.165) is 11.3 Å². The molecule has 0 spiro atoms. The molecule has 0 saturated carbocycles. The molecule has 0 amide bonds. The maximum Gasteiger partial charge on any atom is 0.358 e. The summed E-state index contributed by atoms with van der Waals surface area (Å²) in [5.41, 5.74) is 2.37. The van der Waals surface area contributed by atoms with Gasteiger partial charge in [-0.05, 0) is 49.7 Å². The van der Waals surface area contributed by atoms with Crippen molar-refractivity contribution >= 4 is 29.2 Å². The van der Waals surface area contributed by atoms with Gasteiger partial charge >= 0.3 is 5.97 Å². The fraction of sp³-hybridized carbons (Fsp3) is 0.273. The van der Waals surface area contributed by atoms with Gasteiger partial charge < -0.3 is 9.47 Å². The third kappa shape index (κ3) is 5.52. The second kappa shape index (κ2) is 9.96. The lowest BCUT2D eigenvalue weighted by Crippen LogP contribution is -2.10. The molecule has 158 valence electrons. The Morgan fingerprint density at radius 2 is 1.93 bits per heavy atom. The van der Waals surface area contributed by atoms with Gasteiger partial charge in [0.25, 0.3) is 0 Å². The summed E-state index contributed by atoms with van der Waals surface area (Å²) in [6.45, 7) is 4.38. The molecule has 5 nitrogen and oxygen atoms in total. The van der Waals surface area contributed by atoms with Crippen LogP contribution in [-0.2, 0) is 17.9 Å². The Balaban J connectivity index is 1.61. The molecular formula is C22H21Cl2FN2O3. The fourth-order valence-electron chi connectivity index (χ4n) is 2.83. The number of carbonyl (C=O) groups is 1. The molecule has 1 unspecified atom stereocenters. The van der Waals surface area contributed by atoms with Crippen molar-refractivity contribution in [2.75, 3.05) is 6.61 Å². The molecule has 0 N–H and O–H groups in total. The van der Waals surface area contributed by atoms with Crippen LogP contribution in [0.2, 0.25) is 5.02 Å². The number of rotatable bonds is 8. The number of nitrogens with zero attached hydrogens (tertiary/aromatic N) is 2. The van der Waals surface area contributed by atoms with Crippen molar-refractivity contribution in [3.05, 3.63) is 81.9 Å². The molecule has 1 heterocycles. The monoisotopic (exact) mass is 450 g/mol. The number of carbonyl (C=O) groups excluding carboxylic acids is 1. The Labute approximate surface area is 184 Å². The Morgan fingerprint density at radius 3 is 2.60 bits per heavy atom. The molecule has 30 heavy (non-hydrogen) atoms. The Bertz CT molecular complexity index is 1020. The summed E-state index contributed by atoms with van der Waals surface area (Å²) in [6.07, 6.45) is 0. The van der Waals surface area contributed by atoms with Gasteiger partial charge in [-0.1, -0.05) is 29.8 Å². The van der Waals surface area contributed by atoms with E-state index < -0.39 is 11.8 Å². The van der Waals surface area contributed by atoms with Crippen molar-refractivity contribution < 1.29 is 18.7 Å². The van der Waals surface area contributed by atoms with Crippen molar-refractivity contribution in [2.45, 2.75) is 32.4 Å². The predicted octanol–water partition coefficient (Wildman–Crippen LogP) is 5.72. The van der Waals surface area contributed by atoms with Gasteiger partial charge in [0.05, 0.1) is 18.5 Å². The van der Waals surface area contributed by atoms with E-state index in [4.69, 9.17) is 32.7 Å². The second-order valence-electron chi connectivity index (χ2n) is 6.63. The number of alkyl halides is 1. The van der Waals surface area contributed by atoms with Crippen LogP contribution >= 0.6 is 23.2 Å². The van der Waals surface area contributed by atoms with E-state index in [0.29, 0.717) is 29.5 Å². The number of ether oxygens (including phenoxy) is 2. The van der Waals surface area contributed by atoms with Gasteiger partial charge in [0.2, 0.25) is 0 Å². The number of esters is 1. The molecule has 0 bridgehead atoms. The first kappa shape index (κ1) is 22.1. The minimum absolute atomic E-state index is 0.0930. The standard InChI is InChI=1S/C22H21Cl2FN2O3/c1-3-29-22(28)21-10-14(2)27(26-21)12-19(24)15-5-8-18(9-6-15)30-13-16-4-7-17(23)11-20(16)25/h4-11,19H,3,12-13H2,1-2H3. The summed E-state index contributed by atoms with van der Waals surface area (Å²) >= 11 is 12.3. The first-order valence-electron chi connectivity index (χ1n) is 9.39. The molecule has 0 aliphatic heterocycles. The van der Waals surface area contributed by atoms with Crippen LogP contribution in [0.3, 0.4) is 0 Å². The fourth-order valence-corrected chi connectivity index (χ4v) is 3.26. The molecule has 3 rings (SSSR count). The summed E-state index contributed by atoms with van der Waals surface area (Å²) in [4.78, 5) is 11.8. The molecule has 1 aromatic heterocycles. The van der Waals surface area contributed by atoms with Crippen LogP contribution in [0.15, 0.2) is 48.5 Å². The molecular weight excluding hydrogens is 430 g/mol. The van der Waals surface area contributed by atoms with Crippen molar-refractivity contribution in [3.63, 3.8) is 0 Å². The maximum absolute atomic E-state index is 13.8. The van der Waals surface area contributed by atoms with Crippen LogP contribution in [-0.4, -0.2) is 22.4 Å². The molecule has 0 aliphatic carbocycles. The van der Waals surface area contributed by atoms with Gasteiger partial charge in [0.1, 0.15) is 18.2 Å². The van der Waals surface area contributed by atoms with E-state index in [1.54, 1.807) is 41.9 Å². The zero-order valence-corrected chi connectivity index (χ0v) is 18.1. The second-order valence-corrected chi connectivity index (χ2v) is 7.60. The van der Waals surface area contributed by atoms with E-state index >= 15 is 0 Å². The molecule has 0 fully saturated rings. The van der Waals surface area contributed by atoms with Crippen molar-refractivity contribution in [1.82, 2.24) is 9.78 Å². The number of hydrogen-bond acceptors (Lipinski definition) is 4. The van der Waals surface area contributed by atoms with Crippen molar-refractivity contribution in [2.24, 2.45) is 0 Å². The zero-order valence-electron chi connectivity index (χ0n) is 16.6. The summed E-state index contributed by atoms with van der Waals surface area (Å²) in [6, 6.07) is 13.4. The summed E-state index contributed by atoms with van der Waals surface area (Å²) in [7, 11) is 0. The third-order valence-electron chi connectivity index (χ3n) is 4.45. The van der Waals surface area contributed by atoms with Gasteiger partial charge in [-0.3, -0.25) is 4.68 Å². The van der Waals surface area contributed by atoms with Crippen LogP contribution in [0.4, 0.5) is 4.39 Å². The first-order chi connectivity index (χ1) is 14.4. The van der Waals surface area contributed by atoms with E-state index in [-0.39, 0.29) is 17.7 Å². The van der Waals surface area contributed by atoms with Crippen LogP contribution < -0.4 is 4.74 Å². The van der Waals surface area contributed by atoms with Crippen LogP contribution in [0.1, 0.15) is 39.6 Å². The lowest BCUT2D eigenvalue weighted by atomic mass is 10.1. The summed E-state index contributed by atoms with van der Waals surface area (Å²) < 4.78 is 26.1. The molecule has 3 aromatic rings. The summed E-state index contributed by atoms with van der Waals surface area (Å²) in [5, 5.41) is 4.26. The number of halogens is 3. The van der Waals surface area contributed by atoms with E-state index in [1.165, 1.54) is 6.07 Å². The SMILES string of the molecule is CCOC(=O)c1cc(C)n(CC(Cl)c2ccc(OCc3ccc(Cl)cc3F)cc2)n1. The molecule has 2 aromatic carbocycles. The number of aryl methyl sites for hydroxylation is 1. The van der Waals surface area contributed by atoms with Crippen LogP contribution in [0.5, 0.6) is 5.75 Å². The number of benzene rings is 2. The van der Waals surface area contributed by atoms with Crippen molar-refractivity contribution in [1.29, 1.82) is 0 Å². The molecule has 0 saturated heterocycles. The Kier molecular flexibility index (Phi) is 7.34. The van der Waals surface area contributed by atoms with Gasteiger partial charge in [0, 0.05) is 16.3 Å². The largest absolute Gasteiger partial charge is 0.489 e. The topological polar surface area (TPSA) is 53.4 Å². The smallest absolute Gasteiger partial charge is 0.358 e. The minimum Gasteiger partial charge on any atom is -0.489 e. The average molecular weight is 451 g/mol. The van der Waals surface area contributed by atoms with E-state index in [9.17, 15) is 9.18 Å². The van der Waals surface area contributed by atoms with E-state index in [2.05, 4.69) is 5.10 Å². The predicted molar refractivity (Wildman–Crippen MR) is 114 cm³/mol. The van der Waals surface area contributed by atoms with Gasteiger partial charge in [0.15, 0.2) is 5.69 Å². The lowest BCUT2D eigenvalue weighted by Gasteiger charge is -2.13. The highest BCUT2D eigenvalue weighted by Crippen LogP contribution is 2.26. The Morgan fingerprint density at radius 1 is 1.20 bits per heavy atom. The molecule has 0 aliphatic rings. The molecule has 8 heteroatoms. The van der Waals surface area contributed by atoms with Crippen LogP contribution in [0, 0.1) is 12.7 Å². The van der Waals surface area contributed by atoms with E-state index in [1.807, 2.05) is 19.1 Å². The molecule has 0 radical (unpaired) electrons. The average Bonchev–Trinajstić information content (AvgIpc) is 3.08.